The van der Waals surface area contributed by atoms with Crippen molar-refractivity contribution < 1.29 is 9.53 Å². The van der Waals surface area contributed by atoms with Gasteiger partial charge in [-0.15, -0.1) is 0 Å². The monoisotopic (exact) mass is 342 g/mol. The molecular formula is C19H26N4O2. The summed E-state index contributed by atoms with van der Waals surface area (Å²) in [5.41, 5.74) is 2.26. The van der Waals surface area contributed by atoms with Gasteiger partial charge in [0.15, 0.2) is 0 Å². The van der Waals surface area contributed by atoms with E-state index < -0.39 is 0 Å². The van der Waals surface area contributed by atoms with E-state index in [9.17, 15) is 4.79 Å². The summed E-state index contributed by atoms with van der Waals surface area (Å²) in [5.74, 6) is 1.28. The zero-order valence-electron chi connectivity index (χ0n) is 15.3. The molecule has 6 nitrogen and oxygen atoms in total. The van der Waals surface area contributed by atoms with Crippen LogP contribution in [0.5, 0.6) is 0 Å². The Kier molecular flexibility index (Phi) is 6.89. The number of amides is 1. The number of aryl methyl sites for hydroxylation is 1. The number of methoxy groups -OCH3 is 1. The van der Waals surface area contributed by atoms with Gasteiger partial charge >= 0.3 is 0 Å². The molecule has 0 saturated heterocycles. The van der Waals surface area contributed by atoms with Gasteiger partial charge in [-0.25, -0.2) is 9.97 Å². The number of benzene rings is 1. The third-order valence-electron chi connectivity index (χ3n) is 3.73. The van der Waals surface area contributed by atoms with E-state index in [0.717, 1.165) is 24.2 Å². The maximum atomic E-state index is 12.6. The molecule has 0 aliphatic rings. The summed E-state index contributed by atoms with van der Waals surface area (Å²) in [4.78, 5) is 21.2. The molecule has 134 valence electrons. The molecule has 2 rings (SSSR count). The van der Waals surface area contributed by atoms with E-state index in [2.05, 4.69) is 34.4 Å². The van der Waals surface area contributed by atoms with Gasteiger partial charge in [0, 0.05) is 32.0 Å². The van der Waals surface area contributed by atoms with Gasteiger partial charge in [-0.05, 0) is 30.9 Å². The molecule has 2 N–H and O–H groups in total. The molecule has 0 saturated carbocycles. The Morgan fingerprint density at radius 2 is 2.00 bits per heavy atom. The highest BCUT2D eigenvalue weighted by atomic mass is 16.5. The van der Waals surface area contributed by atoms with Crippen molar-refractivity contribution in [3.63, 3.8) is 0 Å². The number of nitrogens with one attached hydrogen (secondary N) is 2. The fourth-order valence-corrected chi connectivity index (χ4v) is 2.51. The number of hydrogen-bond donors (Lipinski definition) is 2. The molecule has 0 bridgehead atoms. The summed E-state index contributed by atoms with van der Waals surface area (Å²) in [5, 5.41) is 6.16. The molecule has 25 heavy (non-hydrogen) atoms. The molecule has 0 unspecified atom stereocenters. The van der Waals surface area contributed by atoms with Crippen molar-refractivity contribution in [2.24, 2.45) is 0 Å². The van der Waals surface area contributed by atoms with Crippen molar-refractivity contribution >= 4 is 17.4 Å². The second-order valence-electron chi connectivity index (χ2n) is 6.15. The van der Waals surface area contributed by atoms with Gasteiger partial charge in [0.2, 0.25) is 0 Å². The van der Waals surface area contributed by atoms with Crippen molar-refractivity contribution in [3.05, 3.63) is 47.4 Å². The molecule has 6 heteroatoms. The van der Waals surface area contributed by atoms with Crippen LogP contribution in [-0.4, -0.2) is 36.1 Å². The fourth-order valence-electron chi connectivity index (χ4n) is 2.51. The summed E-state index contributed by atoms with van der Waals surface area (Å²) in [6, 6.07) is 9.49. The Hall–Kier alpha value is -2.47. The molecule has 0 radical (unpaired) electrons. The number of nitrogens with zero attached hydrogens (tertiary/aromatic N) is 2. The van der Waals surface area contributed by atoms with E-state index in [0.29, 0.717) is 29.9 Å². The average Bonchev–Trinajstić information content (AvgIpc) is 2.58. The first kappa shape index (κ1) is 18.9. The van der Waals surface area contributed by atoms with E-state index in [1.165, 1.54) is 0 Å². The first-order valence-corrected chi connectivity index (χ1v) is 8.50. The van der Waals surface area contributed by atoms with Crippen LogP contribution in [0.4, 0.5) is 11.5 Å². The summed E-state index contributed by atoms with van der Waals surface area (Å²) >= 11 is 0. The van der Waals surface area contributed by atoms with E-state index in [1.54, 1.807) is 20.1 Å². The number of carbonyl (C=O) groups is 1. The molecule has 1 aromatic carbocycles. The molecule has 2 aromatic rings. The maximum absolute atomic E-state index is 12.6. The standard InChI is InChI=1S/C19H26N4O2/c1-13(2)15-8-5-6-9-16(15)23-19(24)17-12-18(22-14(3)21-17)20-10-7-11-25-4/h5-6,8-9,12-13H,7,10-11H2,1-4H3,(H,23,24)(H,20,21,22). The second kappa shape index (κ2) is 9.13. The zero-order chi connectivity index (χ0) is 18.2. The van der Waals surface area contributed by atoms with Crippen molar-refractivity contribution in [1.29, 1.82) is 0 Å². The summed E-state index contributed by atoms with van der Waals surface area (Å²) in [6.45, 7) is 7.38. The number of ether oxygens (including phenoxy) is 1. The van der Waals surface area contributed by atoms with Gasteiger partial charge in [-0.2, -0.15) is 0 Å². The molecule has 0 atom stereocenters. The van der Waals surface area contributed by atoms with Crippen LogP contribution in [0.1, 0.15) is 48.1 Å². The fraction of sp³-hybridized carbons (Fsp3) is 0.421. The zero-order valence-corrected chi connectivity index (χ0v) is 15.3. The number of carbonyl (C=O) groups excluding carboxylic acids is 1. The maximum Gasteiger partial charge on any atom is 0.274 e. The molecule has 0 aliphatic carbocycles. The Morgan fingerprint density at radius 1 is 1.24 bits per heavy atom. The van der Waals surface area contributed by atoms with Crippen LogP contribution in [0.2, 0.25) is 0 Å². The van der Waals surface area contributed by atoms with Crippen molar-refractivity contribution in [1.82, 2.24) is 9.97 Å². The molecule has 0 spiro atoms. The Bertz CT molecular complexity index is 716. The number of para-hydroxylation sites is 1. The minimum atomic E-state index is -0.237. The molecule has 1 amide bonds. The number of anilines is 2. The highest BCUT2D eigenvalue weighted by Crippen LogP contribution is 2.24. The number of hydrogen-bond acceptors (Lipinski definition) is 5. The highest BCUT2D eigenvalue weighted by molar-refractivity contribution is 6.03. The quantitative estimate of drug-likeness (QED) is 0.717. The lowest BCUT2D eigenvalue weighted by molar-refractivity contribution is 0.102. The number of aromatic nitrogens is 2. The van der Waals surface area contributed by atoms with Crippen LogP contribution in [0.25, 0.3) is 0 Å². The highest BCUT2D eigenvalue weighted by Gasteiger charge is 2.13. The molecule has 1 aromatic heterocycles. The first-order valence-electron chi connectivity index (χ1n) is 8.50. The van der Waals surface area contributed by atoms with Gasteiger partial charge in [0.05, 0.1) is 0 Å². The topological polar surface area (TPSA) is 76.1 Å². The van der Waals surface area contributed by atoms with Crippen LogP contribution >= 0.6 is 0 Å². The van der Waals surface area contributed by atoms with E-state index in [1.807, 2.05) is 24.3 Å². The number of rotatable bonds is 8. The Balaban J connectivity index is 2.12. The predicted octanol–water partition coefficient (Wildman–Crippen LogP) is 3.61. The van der Waals surface area contributed by atoms with Crippen LogP contribution in [0.3, 0.4) is 0 Å². The van der Waals surface area contributed by atoms with Crippen molar-refractivity contribution in [2.75, 3.05) is 30.9 Å². The van der Waals surface area contributed by atoms with Crippen molar-refractivity contribution in [2.45, 2.75) is 33.1 Å². The normalized spacial score (nSPS) is 10.8. The van der Waals surface area contributed by atoms with Crippen LogP contribution in [0, 0.1) is 6.92 Å². The largest absolute Gasteiger partial charge is 0.385 e. The molecule has 0 fully saturated rings. The van der Waals surface area contributed by atoms with E-state index in [-0.39, 0.29) is 5.91 Å². The molecule has 0 aliphatic heterocycles. The smallest absolute Gasteiger partial charge is 0.274 e. The minimum absolute atomic E-state index is 0.237. The first-order chi connectivity index (χ1) is 12.0. The van der Waals surface area contributed by atoms with Crippen LogP contribution < -0.4 is 10.6 Å². The Morgan fingerprint density at radius 3 is 2.72 bits per heavy atom. The van der Waals surface area contributed by atoms with Crippen LogP contribution in [0.15, 0.2) is 30.3 Å². The third-order valence-corrected chi connectivity index (χ3v) is 3.73. The molecular weight excluding hydrogens is 316 g/mol. The van der Waals surface area contributed by atoms with Gasteiger partial charge in [-0.1, -0.05) is 32.0 Å². The van der Waals surface area contributed by atoms with E-state index in [4.69, 9.17) is 4.74 Å². The summed E-state index contributed by atoms with van der Waals surface area (Å²) in [7, 11) is 1.67. The lowest BCUT2D eigenvalue weighted by Gasteiger charge is -2.14. The van der Waals surface area contributed by atoms with Gasteiger partial charge in [0.25, 0.3) is 5.91 Å². The summed E-state index contributed by atoms with van der Waals surface area (Å²) in [6.07, 6.45) is 0.864. The molecule has 1 heterocycles. The van der Waals surface area contributed by atoms with Gasteiger partial charge in [0.1, 0.15) is 17.3 Å². The lowest BCUT2D eigenvalue weighted by Crippen LogP contribution is -2.17. The lowest BCUT2D eigenvalue weighted by atomic mass is 10.0. The summed E-state index contributed by atoms with van der Waals surface area (Å²) < 4.78 is 5.03. The van der Waals surface area contributed by atoms with E-state index >= 15 is 0 Å². The van der Waals surface area contributed by atoms with Gasteiger partial charge in [-0.3, -0.25) is 4.79 Å². The van der Waals surface area contributed by atoms with Crippen LogP contribution in [-0.2, 0) is 4.74 Å². The van der Waals surface area contributed by atoms with Gasteiger partial charge < -0.3 is 15.4 Å². The second-order valence-corrected chi connectivity index (χ2v) is 6.15. The Labute approximate surface area is 149 Å². The predicted molar refractivity (Wildman–Crippen MR) is 100 cm³/mol. The van der Waals surface area contributed by atoms with Crippen molar-refractivity contribution in [3.8, 4) is 0 Å². The SMILES string of the molecule is COCCCNc1cc(C(=O)Nc2ccccc2C(C)C)nc(C)n1. The minimum Gasteiger partial charge on any atom is -0.385 e. The third kappa shape index (κ3) is 5.53. The average molecular weight is 342 g/mol.